The van der Waals surface area contributed by atoms with E-state index in [4.69, 9.17) is 22.1 Å². The summed E-state index contributed by atoms with van der Waals surface area (Å²) in [7, 11) is 1.69. The summed E-state index contributed by atoms with van der Waals surface area (Å²) in [4.78, 5) is 0. The molecule has 20 heavy (non-hydrogen) atoms. The highest BCUT2D eigenvalue weighted by Crippen LogP contribution is 2.27. The molecule has 0 aliphatic carbocycles. The van der Waals surface area contributed by atoms with Gasteiger partial charge in [-0.25, -0.2) is 0 Å². The van der Waals surface area contributed by atoms with Gasteiger partial charge >= 0.3 is 0 Å². The van der Waals surface area contributed by atoms with Gasteiger partial charge in [0.25, 0.3) is 0 Å². The van der Waals surface area contributed by atoms with E-state index >= 15 is 0 Å². The smallest absolute Gasteiger partial charge is 0.122 e. The molecule has 0 saturated carbocycles. The third-order valence-electron chi connectivity index (χ3n) is 3.55. The van der Waals surface area contributed by atoms with E-state index in [1.54, 1.807) is 7.11 Å². The standard InChI is InChI=1S/C17H20ClNO/c1-11-9-17(20-3)12(2)8-15(11)16(19)10-13-4-6-14(18)7-5-13/h4-9,16H,10,19H2,1-3H3. The second-order valence-electron chi connectivity index (χ2n) is 5.12. The molecule has 1 unspecified atom stereocenters. The summed E-state index contributed by atoms with van der Waals surface area (Å²) in [6.45, 7) is 4.11. The topological polar surface area (TPSA) is 35.2 Å². The first kappa shape index (κ1) is 14.9. The summed E-state index contributed by atoms with van der Waals surface area (Å²) in [6.07, 6.45) is 0.795. The molecular formula is C17H20ClNO. The maximum absolute atomic E-state index is 6.35. The van der Waals surface area contributed by atoms with Crippen molar-refractivity contribution >= 4 is 11.6 Å². The largest absolute Gasteiger partial charge is 0.496 e. The molecule has 0 bridgehead atoms. The number of aryl methyl sites for hydroxylation is 2. The number of hydrogen-bond donors (Lipinski definition) is 1. The highest BCUT2D eigenvalue weighted by Gasteiger charge is 2.12. The number of methoxy groups -OCH3 is 1. The van der Waals surface area contributed by atoms with Crippen molar-refractivity contribution in [1.82, 2.24) is 0 Å². The molecule has 1 atom stereocenters. The predicted octanol–water partition coefficient (Wildman–Crippen LogP) is 4.21. The normalized spacial score (nSPS) is 12.2. The zero-order chi connectivity index (χ0) is 14.7. The predicted molar refractivity (Wildman–Crippen MR) is 84.6 cm³/mol. The first-order chi connectivity index (χ1) is 9.51. The fourth-order valence-electron chi connectivity index (χ4n) is 2.42. The van der Waals surface area contributed by atoms with Gasteiger partial charge in [-0.05, 0) is 60.7 Å². The maximum atomic E-state index is 6.35. The molecule has 0 radical (unpaired) electrons. The summed E-state index contributed by atoms with van der Waals surface area (Å²) in [5.41, 5.74) is 11.0. The summed E-state index contributed by atoms with van der Waals surface area (Å²) in [5, 5.41) is 0.749. The minimum Gasteiger partial charge on any atom is -0.496 e. The second kappa shape index (κ2) is 6.29. The Labute approximate surface area is 125 Å². The van der Waals surface area contributed by atoms with Gasteiger partial charge in [-0.2, -0.15) is 0 Å². The summed E-state index contributed by atoms with van der Waals surface area (Å²) < 4.78 is 5.34. The van der Waals surface area contributed by atoms with Gasteiger partial charge in [0.05, 0.1) is 7.11 Å². The molecule has 0 heterocycles. The van der Waals surface area contributed by atoms with Crippen LogP contribution in [0.25, 0.3) is 0 Å². The van der Waals surface area contributed by atoms with Gasteiger partial charge in [0.2, 0.25) is 0 Å². The monoisotopic (exact) mass is 289 g/mol. The molecule has 2 rings (SSSR count). The molecule has 106 valence electrons. The molecule has 0 fully saturated rings. The molecule has 2 aromatic rings. The molecule has 0 spiro atoms. The molecule has 2 nitrogen and oxygen atoms in total. The van der Waals surface area contributed by atoms with Crippen molar-refractivity contribution in [2.24, 2.45) is 5.73 Å². The number of halogens is 1. The van der Waals surface area contributed by atoms with E-state index in [2.05, 4.69) is 13.0 Å². The Balaban J connectivity index is 2.22. The Hall–Kier alpha value is -1.51. The van der Waals surface area contributed by atoms with Crippen LogP contribution in [-0.2, 0) is 6.42 Å². The SMILES string of the molecule is COc1cc(C)c(C(N)Cc2ccc(Cl)cc2)cc1C. The van der Waals surface area contributed by atoms with E-state index in [0.717, 1.165) is 28.3 Å². The van der Waals surface area contributed by atoms with Gasteiger partial charge < -0.3 is 10.5 Å². The number of hydrogen-bond acceptors (Lipinski definition) is 2. The number of benzene rings is 2. The van der Waals surface area contributed by atoms with E-state index < -0.39 is 0 Å². The second-order valence-corrected chi connectivity index (χ2v) is 5.55. The first-order valence-electron chi connectivity index (χ1n) is 6.66. The fourth-order valence-corrected chi connectivity index (χ4v) is 2.54. The van der Waals surface area contributed by atoms with E-state index in [-0.39, 0.29) is 6.04 Å². The molecule has 3 heteroatoms. The lowest BCUT2D eigenvalue weighted by Crippen LogP contribution is -2.15. The van der Waals surface area contributed by atoms with Gasteiger partial charge in [-0.3, -0.25) is 0 Å². The van der Waals surface area contributed by atoms with Crippen LogP contribution in [-0.4, -0.2) is 7.11 Å². The Morgan fingerprint density at radius 1 is 1.10 bits per heavy atom. The van der Waals surface area contributed by atoms with Crippen LogP contribution < -0.4 is 10.5 Å². The van der Waals surface area contributed by atoms with Crippen molar-refractivity contribution in [3.05, 3.63) is 63.7 Å². The zero-order valence-electron chi connectivity index (χ0n) is 12.1. The minimum absolute atomic E-state index is 0.0271. The van der Waals surface area contributed by atoms with Crippen molar-refractivity contribution in [3.63, 3.8) is 0 Å². The first-order valence-corrected chi connectivity index (χ1v) is 7.04. The van der Waals surface area contributed by atoms with Gasteiger partial charge in [0, 0.05) is 11.1 Å². The van der Waals surface area contributed by atoms with Crippen LogP contribution in [0.2, 0.25) is 5.02 Å². The van der Waals surface area contributed by atoms with E-state index in [9.17, 15) is 0 Å². The lowest BCUT2D eigenvalue weighted by molar-refractivity contribution is 0.411. The van der Waals surface area contributed by atoms with E-state index in [1.807, 2.05) is 37.3 Å². The van der Waals surface area contributed by atoms with Crippen molar-refractivity contribution in [2.75, 3.05) is 7.11 Å². The molecule has 0 amide bonds. The molecule has 2 N–H and O–H groups in total. The average molecular weight is 290 g/mol. The quantitative estimate of drug-likeness (QED) is 0.915. The Bertz CT molecular complexity index is 593. The fraction of sp³-hybridized carbons (Fsp3) is 0.294. The number of nitrogens with two attached hydrogens (primary N) is 1. The highest BCUT2D eigenvalue weighted by atomic mass is 35.5. The van der Waals surface area contributed by atoms with Gasteiger partial charge in [0.1, 0.15) is 5.75 Å². The number of rotatable bonds is 4. The van der Waals surface area contributed by atoms with Crippen LogP contribution >= 0.6 is 11.6 Å². The lowest BCUT2D eigenvalue weighted by atomic mass is 9.94. The summed E-state index contributed by atoms with van der Waals surface area (Å²) in [5.74, 6) is 0.907. The van der Waals surface area contributed by atoms with Crippen molar-refractivity contribution < 1.29 is 4.74 Å². The number of ether oxygens (including phenoxy) is 1. The van der Waals surface area contributed by atoms with Crippen LogP contribution in [0.4, 0.5) is 0 Å². The third kappa shape index (κ3) is 3.33. The van der Waals surface area contributed by atoms with Crippen LogP contribution in [0.1, 0.15) is 28.3 Å². The van der Waals surface area contributed by atoms with Gasteiger partial charge in [0.15, 0.2) is 0 Å². The minimum atomic E-state index is -0.0271. The molecule has 2 aromatic carbocycles. The molecule has 0 aromatic heterocycles. The lowest BCUT2D eigenvalue weighted by Gasteiger charge is -2.17. The average Bonchev–Trinajstić information content (AvgIpc) is 2.43. The Kier molecular flexibility index (Phi) is 4.69. The molecule has 0 saturated heterocycles. The summed E-state index contributed by atoms with van der Waals surface area (Å²) >= 11 is 5.90. The van der Waals surface area contributed by atoms with Crippen molar-refractivity contribution in [2.45, 2.75) is 26.3 Å². The highest BCUT2D eigenvalue weighted by molar-refractivity contribution is 6.30. The van der Waals surface area contributed by atoms with Crippen molar-refractivity contribution in [3.8, 4) is 5.75 Å². The van der Waals surface area contributed by atoms with Crippen LogP contribution in [0.15, 0.2) is 36.4 Å². The van der Waals surface area contributed by atoms with Gasteiger partial charge in [-0.15, -0.1) is 0 Å². The molecule has 0 aliphatic rings. The zero-order valence-corrected chi connectivity index (χ0v) is 12.9. The molecule has 0 aliphatic heterocycles. The van der Waals surface area contributed by atoms with Crippen LogP contribution in [0.5, 0.6) is 5.75 Å². The van der Waals surface area contributed by atoms with Crippen LogP contribution in [0, 0.1) is 13.8 Å². The maximum Gasteiger partial charge on any atom is 0.122 e. The van der Waals surface area contributed by atoms with Crippen LogP contribution in [0.3, 0.4) is 0 Å². The molecular weight excluding hydrogens is 270 g/mol. The Morgan fingerprint density at radius 2 is 1.75 bits per heavy atom. The van der Waals surface area contributed by atoms with Gasteiger partial charge in [-0.1, -0.05) is 29.8 Å². The van der Waals surface area contributed by atoms with E-state index in [1.165, 1.54) is 11.1 Å². The summed E-state index contributed by atoms with van der Waals surface area (Å²) in [6, 6.07) is 12.0. The third-order valence-corrected chi connectivity index (χ3v) is 3.80. The van der Waals surface area contributed by atoms with Crippen molar-refractivity contribution in [1.29, 1.82) is 0 Å². The van der Waals surface area contributed by atoms with E-state index in [0.29, 0.717) is 0 Å². The Morgan fingerprint density at radius 3 is 2.35 bits per heavy atom.